The van der Waals surface area contributed by atoms with Crippen LogP contribution in [0.2, 0.25) is 0 Å². The zero-order valence-electron chi connectivity index (χ0n) is 10.4. The van der Waals surface area contributed by atoms with E-state index < -0.39 is 0 Å². The number of alkyl halides is 1. The van der Waals surface area contributed by atoms with Gasteiger partial charge in [-0.25, -0.2) is 0 Å². The molecule has 1 atom stereocenters. The lowest BCUT2D eigenvalue weighted by Crippen LogP contribution is -2.59. The Hall–Kier alpha value is -0.0500. The van der Waals surface area contributed by atoms with E-state index in [2.05, 4.69) is 50.5 Å². The lowest BCUT2D eigenvalue weighted by atomic mass is 9.74. The van der Waals surface area contributed by atoms with Gasteiger partial charge in [0.2, 0.25) is 5.91 Å². The van der Waals surface area contributed by atoms with Crippen LogP contribution in [-0.2, 0) is 4.79 Å². The van der Waals surface area contributed by atoms with Gasteiger partial charge in [0.1, 0.15) is 0 Å². The Morgan fingerprint density at radius 2 is 1.80 bits per heavy atom. The van der Waals surface area contributed by atoms with Crippen molar-refractivity contribution in [1.29, 1.82) is 0 Å². The molecular formula is C12H22BrNO. The molecule has 0 spiro atoms. The molecule has 1 aliphatic heterocycles. The predicted octanol–water partition coefficient (Wildman–Crippen LogP) is 3.20. The van der Waals surface area contributed by atoms with Crippen molar-refractivity contribution >= 4 is 21.8 Å². The largest absolute Gasteiger partial charge is 0.336 e. The van der Waals surface area contributed by atoms with Crippen LogP contribution in [0.4, 0.5) is 0 Å². The van der Waals surface area contributed by atoms with Crippen molar-refractivity contribution in [2.75, 3.05) is 6.54 Å². The molecule has 0 radical (unpaired) electrons. The molecule has 0 aliphatic carbocycles. The number of carbonyl (C=O) groups excluding carboxylic acids is 1. The van der Waals surface area contributed by atoms with Crippen LogP contribution in [0.1, 0.15) is 47.5 Å². The zero-order valence-corrected chi connectivity index (χ0v) is 12.0. The first-order chi connectivity index (χ1) is 6.68. The Morgan fingerprint density at radius 1 is 1.27 bits per heavy atom. The first-order valence-corrected chi connectivity index (χ1v) is 6.55. The fraction of sp³-hybridized carbons (Fsp3) is 0.917. The van der Waals surface area contributed by atoms with Crippen molar-refractivity contribution in [2.45, 2.75) is 57.8 Å². The first-order valence-electron chi connectivity index (χ1n) is 5.63. The second kappa shape index (κ2) is 4.08. The summed E-state index contributed by atoms with van der Waals surface area (Å²) in [6.45, 7) is 11.8. The van der Waals surface area contributed by atoms with Crippen LogP contribution >= 0.6 is 15.9 Å². The molecule has 1 heterocycles. The monoisotopic (exact) mass is 275 g/mol. The molecule has 1 aliphatic rings. The number of rotatable bonds is 1. The van der Waals surface area contributed by atoms with Crippen LogP contribution in [0.15, 0.2) is 0 Å². The van der Waals surface area contributed by atoms with E-state index in [0.717, 1.165) is 19.4 Å². The fourth-order valence-electron chi connectivity index (χ4n) is 1.79. The third-order valence-electron chi connectivity index (χ3n) is 3.88. The highest BCUT2D eigenvalue weighted by molar-refractivity contribution is 9.10. The van der Waals surface area contributed by atoms with Crippen LogP contribution in [0, 0.1) is 5.41 Å². The summed E-state index contributed by atoms with van der Waals surface area (Å²) in [4.78, 5) is 14.2. The normalized spacial score (nSPS) is 24.5. The molecule has 1 unspecified atom stereocenters. The number of halogens is 1. The minimum Gasteiger partial charge on any atom is -0.336 e. The van der Waals surface area contributed by atoms with Gasteiger partial charge in [-0.2, -0.15) is 0 Å². The SMILES string of the molecule is CC(C)(C)C(C)(C)N1CCCC(Br)C1=O. The van der Waals surface area contributed by atoms with E-state index >= 15 is 0 Å². The topological polar surface area (TPSA) is 20.3 Å². The second-order valence-electron chi connectivity index (χ2n) is 5.91. The summed E-state index contributed by atoms with van der Waals surface area (Å²) in [7, 11) is 0. The third-order valence-corrected chi connectivity index (χ3v) is 4.73. The Kier molecular flexibility index (Phi) is 3.54. The standard InChI is InChI=1S/C12H22BrNO/c1-11(2,3)12(4,5)14-8-6-7-9(13)10(14)15/h9H,6-8H2,1-5H3. The molecule has 1 saturated heterocycles. The van der Waals surface area contributed by atoms with Gasteiger partial charge in [-0.3, -0.25) is 4.79 Å². The van der Waals surface area contributed by atoms with Gasteiger partial charge in [0.25, 0.3) is 0 Å². The number of likely N-dealkylation sites (tertiary alicyclic amines) is 1. The summed E-state index contributed by atoms with van der Waals surface area (Å²) in [6.07, 6.45) is 2.07. The van der Waals surface area contributed by atoms with Gasteiger partial charge in [0.15, 0.2) is 0 Å². The molecule has 3 heteroatoms. The van der Waals surface area contributed by atoms with Gasteiger partial charge in [0, 0.05) is 12.1 Å². The van der Waals surface area contributed by atoms with Crippen LogP contribution < -0.4 is 0 Å². The summed E-state index contributed by atoms with van der Waals surface area (Å²) >= 11 is 3.46. The molecule has 88 valence electrons. The van der Waals surface area contributed by atoms with Crippen LogP contribution in [0.5, 0.6) is 0 Å². The number of hydrogen-bond acceptors (Lipinski definition) is 1. The number of nitrogens with zero attached hydrogens (tertiary/aromatic N) is 1. The predicted molar refractivity (Wildman–Crippen MR) is 67.2 cm³/mol. The van der Waals surface area contributed by atoms with Crippen molar-refractivity contribution in [3.63, 3.8) is 0 Å². The lowest BCUT2D eigenvalue weighted by molar-refractivity contribution is -0.142. The molecule has 1 amide bonds. The maximum atomic E-state index is 12.1. The van der Waals surface area contributed by atoms with E-state index in [0.29, 0.717) is 0 Å². The van der Waals surface area contributed by atoms with Gasteiger partial charge in [0.05, 0.1) is 4.83 Å². The van der Waals surface area contributed by atoms with Gasteiger partial charge in [-0.15, -0.1) is 0 Å². The van der Waals surface area contributed by atoms with Crippen LogP contribution in [0.3, 0.4) is 0 Å². The van der Waals surface area contributed by atoms with E-state index in [9.17, 15) is 4.79 Å². The maximum absolute atomic E-state index is 12.1. The second-order valence-corrected chi connectivity index (χ2v) is 7.01. The van der Waals surface area contributed by atoms with E-state index in [1.165, 1.54) is 0 Å². The average molecular weight is 276 g/mol. The molecule has 1 rings (SSSR count). The maximum Gasteiger partial charge on any atom is 0.236 e. The Morgan fingerprint density at radius 3 is 2.27 bits per heavy atom. The Labute approximate surface area is 102 Å². The van der Waals surface area contributed by atoms with Crippen LogP contribution in [-0.4, -0.2) is 27.7 Å². The molecular weight excluding hydrogens is 254 g/mol. The lowest BCUT2D eigenvalue weighted by Gasteiger charge is -2.50. The Bertz CT molecular complexity index is 255. The molecule has 0 aromatic heterocycles. The van der Waals surface area contributed by atoms with Crippen molar-refractivity contribution in [2.24, 2.45) is 5.41 Å². The van der Waals surface area contributed by atoms with Gasteiger partial charge >= 0.3 is 0 Å². The molecule has 0 aromatic carbocycles. The number of carbonyl (C=O) groups is 1. The van der Waals surface area contributed by atoms with Crippen molar-refractivity contribution in [1.82, 2.24) is 4.90 Å². The average Bonchev–Trinajstić information content (AvgIpc) is 2.07. The van der Waals surface area contributed by atoms with E-state index in [4.69, 9.17) is 0 Å². The summed E-state index contributed by atoms with van der Waals surface area (Å²) < 4.78 is 0. The molecule has 2 nitrogen and oxygen atoms in total. The zero-order chi connectivity index (χ0) is 11.9. The van der Waals surface area contributed by atoms with Crippen LogP contribution in [0.25, 0.3) is 0 Å². The molecule has 0 aromatic rings. The number of amides is 1. The number of piperidine rings is 1. The summed E-state index contributed by atoms with van der Waals surface area (Å²) in [6, 6.07) is 0. The summed E-state index contributed by atoms with van der Waals surface area (Å²) in [5.41, 5.74) is 0.0171. The van der Waals surface area contributed by atoms with Gasteiger partial charge in [-0.1, -0.05) is 36.7 Å². The van der Waals surface area contributed by atoms with E-state index in [1.807, 2.05) is 4.90 Å². The summed E-state index contributed by atoms with van der Waals surface area (Å²) in [5.74, 6) is 0.251. The first kappa shape index (κ1) is 13.0. The third kappa shape index (κ3) is 2.38. The van der Waals surface area contributed by atoms with Crippen molar-refractivity contribution in [3.05, 3.63) is 0 Å². The van der Waals surface area contributed by atoms with Gasteiger partial charge in [-0.05, 0) is 32.1 Å². The van der Waals surface area contributed by atoms with Crippen molar-refractivity contribution in [3.8, 4) is 0 Å². The van der Waals surface area contributed by atoms with E-state index in [-0.39, 0.29) is 21.7 Å². The molecule has 0 bridgehead atoms. The highest BCUT2D eigenvalue weighted by Gasteiger charge is 2.43. The van der Waals surface area contributed by atoms with E-state index in [1.54, 1.807) is 0 Å². The number of hydrogen-bond donors (Lipinski definition) is 0. The minimum absolute atomic E-state index is 0.0212. The summed E-state index contributed by atoms with van der Waals surface area (Å²) in [5, 5.41) is 0. The van der Waals surface area contributed by atoms with Crippen molar-refractivity contribution < 1.29 is 4.79 Å². The smallest absolute Gasteiger partial charge is 0.236 e. The molecule has 1 fully saturated rings. The minimum atomic E-state index is -0.0868. The molecule has 0 N–H and O–H groups in total. The van der Waals surface area contributed by atoms with Gasteiger partial charge < -0.3 is 4.90 Å². The highest BCUT2D eigenvalue weighted by Crippen LogP contribution is 2.37. The Balaban J connectivity index is 2.91. The highest BCUT2D eigenvalue weighted by atomic mass is 79.9. The molecule has 15 heavy (non-hydrogen) atoms. The molecule has 0 saturated carbocycles. The fourth-order valence-corrected chi connectivity index (χ4v) is 2.36. The quantitative estimate of drug-likeness (QED) is 0.673.